The first-order valence-corrected chi connectivity index (χ1v) is 13.5. The molecule has 4 heteroatoms. The van der Waals surface area contributed by atoms with Crippen molar-refractivity contribution in [2.24, 2.45) is 15.9 Å². The van der Waals surface area contributed by atoms with Crippen molar-refractivity contribution in [2.75, 3.05) is 0 Å². The number of phenols is 2. The lowest BCUT2D eigenvalue weighted by molar-refractivity contribution is 0.445. The SMILES string of the molecule is CC(C)Cc1cc(Cc2cc(/C=N/c3ccccc3)c(O)c(C(C)(C)C)c2)cc(/C=N/c2ccccc2)c1O. The molecule has 2 N–H and O–H groups in total. The average molecular weight is 519 g/mol. The van der Waals surface area contributed by atoms with Gasteiger partial charge >= 0.3 is 0 Å². The maximum atomic E-state index is 11.2. The van der Waals surface area contributed by atoms with Gasteiger partial charge in [0.15, 0.2) is 0 Å². The van der Waals surface area contributed by atoms with E-state index in [2.05, 4.69) is 56.7 Å². The van der Waals surface area contributed by atoms with Crippen LogP contribution in [0.2, 0.25) is 0 Å². The molecular weight excluding hydrogens is 480 g/mol. The van der Waals surface area contributed by atoms with Gasteiger partial charge in [0.1, 0.15) is 11.5 Å². The van der Waals surface area contributed by atoms with E-state index in [9.17, 15) is 10.2 Å². The summed E-state index contributed by atoms with van der Waals surface area (Å²) >= 11 is 0. The highest BCUT2D eigenvalue weighted by Gasteiger charge is 2.21. The smallest absolute Gasteiger partial charge is 0.128 e. The van der Waals surface area contributed by atoms with Crippen LogP contribution in [-0.2, 0) is 18.3 Å². The topological polar surface area (TPSA) is 65.2 Å². The van der Waals surface area contributed by atoms with Gasteiger partial charge < -0.3 is 10.2 Å². The van der Waals surface area contributed by atoms with Crippen LogP contribution in [0.5, 0.6) is 11.5 Å². The molecule has 0 unspecified atom stereocenters. The van der Waals surface area contributed by atoms with E-state index in [0.29, 0.717) is 23.5 Å². The Hall–Kier alpha value is -4.18. The minimum atomic E-state index is -0.249. The van der Waals surface area contributed by atoms with Gasteiger partial charge in [0.25, 0.3) is 0 Å². The first kappa shape index (κ1) is 27.8. The maximum absolute atomic E-state index is 11.2. The third-order valence-electron chi connectivity index (χ3n) is 6.54. The van der Waals surface area contributed by atoms with Gasteiger partial charge in [0.2, 0.25) is 0 Å². The Kier molecular flexibility index (Phi) is 8.65. The molecule has 0 radical (unpaired) electrons. The van der Waals surface area contributed by atoms with Gasteiger partial charge in [-0.15, -0.1) is 0 Å². The second-order valence-corrected chi connectivity index (χ2v) is 11.5. The highest BCUT2D eigenvalue weighted by atomic mass is 16.3. The first-order valence-electron chi connectivity index (χ1n) is 13.5. The molecule has 0 bridgehead atoms. The van der Waals surface area contributed by atoms with E-state index in [0.717, 1.165) is 40.0 Å². The molecule has 0 aliphatic rings. The molecule has 0 atom stereocenters. The third kappa shape index (κ3) is 7.44. The molecule has 4 aromatic carbocycles. The summed E-state index contributed by atoms with van der Waals surface area (Å²) < 4.78 is 0. The van der Waals surface area contributed by atoms with E-state index in [1.165, 1.54) is 0 Å². The zero-order valence-electron chi connectivity index (χ0n) is 23.5. The number of aromatic hydroxyl groups is 2. The van der Waals surface area contributed by atoms with E-state index < -0.39 is 0 Å². The number of phenolic OH excluding ortho intramolecular Hbond substituents is 2. The van der Waals surface area contributed by atoms with Gasteiger partial charge in [-0.3, -0.25) is 9.98 Å². The molecule has 0 aliphatic carbocycles. The van der Waals surface area contributed by atoms with E-state index in [1.807, 2.05) is 72.8 Å². The van der Waals surface area contributed by atoms with Gasteiger partial charge in [-0.05, 0) is 77.3 Å². The monoisotopic (exact) mass is 518 g/mol. The quantitative estimate of drug-likeness (QED) is 0.229. The largest absolute Gasteiger partial charge is 0.507 e. The minimum Gasteiger partial charge on any atom is -0.507 e. The second kappa shape index (κ2) is 12.1. The fourth-order valence-electron chi connectivity index (χ4n) is 4.63. The highest BCUT2D eigenvalue weighted by Crippen LogP contribution is 2.35. The van der Waals surface area contributed by atoms with E-state index >= 15 is 0 Å². The number of nitrogens with zero attached hydrogens (tertiary/aromatic N) is 2. The molecule has 0 amide bonds. The van der Waals surface area contributed by atoms with Crippen LogP contribution in [0.25, 0.3) is 0 Å². The minimum absolute atomic E-state index is 0.249. The standard InChI is InChI=1S/C35H38N2O2/c1-24(2)16-27-18-25(19-28(33(27)38)22-36-30-12-8-6-9-13-30)17-26-20-29(23-37-31-14-10-7-11-15-31)34(39)32(21-26)35(3,4)5/h6-15,18-24,38-39H,16-17H2,1-5H3/b36-22+,37-23+. The lowest BCUT2D eigenvalue weighted by Crippen LogP contribution is -2.13. The summed E-state index contributed by atoms with van der Waals surface area (Å²) in [5.41, 5.74) is 6.75. The number of benzene rings is 4. The summed E-state index contributed by atoms with van der Waals surface area (Å²) in [6.07, 6.45) is 4.90. The molecule has 0 aromatic heterocycles. The number of hydrogen-bond donors (Lipinski definition) is 2. The van der Waals surface area contributed by atoms with Gasteiger partial charge in [-0.2, -0.15) is 0 Å². The molecule has 0 saturated carbocycles. The summed E-state index contributed by atoms with van der Waals surface area (Å²) in [6.45, 7) is 10.6. The van der Waals surface area contributed by atoms with Crippen molar-refractivity contribution in [1.82, 2.24) is 0 Å². The Bertz CT molecular complexity index is 1460. The van der Waals surface area contributed by atoms with Crippen molar-refractivity contribution >= 4 is 23.8 Å². The number of aliphatic imine (C=N–C) groups is 2. The molecule has 4 rings (SSSR count). The first-order chi connectivity index (χ1) is 18.6. The molecule has 4 aromatic rings. The van der Waals surface area contributed by atoms with Crippen LogP contribution < -0.4 is 0 Å². The van der Waals surface area contributed by atoms with Crippen LogP contribution in [0.4, 0.5) is 11.4 Å². The number of hydrogen-bond acceptors (Lipinski definition) is 4. The lowest BCUT2D eigenvalue weighted by Gasteiger charge is -2.23. The molecule has 200 valence electrons. The molecule has 0 spiro atoms. The number of rotatable bonds is 8. The van der Waals surface area contributed by atoms with Crippen LogP contribution in [-0.4, -0.2) is 22.6 Å². The van der Waals surface area contributed by atoms with Gasteiger partial charge in [-0.1, -0.05) is 83.1 Å². The van der Waals surface area contributed by atoms with Crippen molar-refractivity contribution in [3.05, 3.63) is 118 Å². The predicted octanol–water partition coefficient (Wildman–Crippen LogP) is 8.69. The van der Waals surface area contributed by atoms with Crippen molar-refractivity contribution in [2.45, 2.75) is 52.9 Å². The summed E-state index contributed by atoms with van der Waals surface area (Å²) in [5.74, 6) is 0.934. The molecule has 0 fully saturated rings. The predicted molar refractivity (Wildman–Crippen MR) is 164 cm³/mol. The Morgan fingerprint density at radius 1 is 0.692 bits per heavy atom. The molecular formula is C35H38N2O2. The zero-order chi connectivity index (χ0) is 28.0. The van der Waals surface area contributed by atoms with Crippen molar-refractivity contribution in [3.63, 3.8) is 0 Å². The Balaban J connectivity index is 1.75. The third-order valence-corrected chi connectivity index (χ3v) is 6.54. The van der Waals surface area contributed by atoms with Crippen LogP contribution >= 0.6 is 0 Å². The highest BCUT2D eigenvalue weighted by molar-refractivity contribution is 5.87. The average Bonchev–Trinajstić information content (AvgIpc) is 2.90. The van der Waals surface area contributed by atoms with Crippen molar-refractivity contribution in [3.8, 4) is 11.5 Å². The fourth-order valence-corrected chi connectivity index (χ4v) is 4.63. The molecule has 39 heavy (non-hydrogen) atoms. The van der Waals surface area contributed by atoms with Crippen LogP contribution in [0.1, 0.15) is 68.0 Å². The second-order valence-electron chi connectivity index (χ2n) is 11.5. The summed E-state index contributed by atoms with van der Waals surface area (Å²) in [4.78, 5) is 9.19. The van der Waals surface area contributed by atoms with Crippen molar-refractivity contribution < 1.29 is 10.2 Å². The van der Waals surface area contributed by atoms with E-state index in [-0.39, 0.29) is 16.9 Å². The summed E-state index contributed by atoms with van der Waals surface area (Å²) in [7, 11) is 0. The van der Waals surface area contributed by atoms with Gasteiger partial charge in [0, 0.05) is 29.1 Å². The van der Waals surface area contributed by atoms with Crippen LogP contribution in [0, 0.1) is 5.92 Å². The van der Waals surface area contributed by atoms with E-state index in [4.69, 9.17) is 0 Å². The van der Waals surface area contributed by atoms with Gasteiger partial charge in [-0.25, -0.2) is 0 Å². The normalized spacial score (nSPS) is 12.2. The number of para-hydroxylation sites is 2. The van der Waals surface area contributed by atoms with E-state index in [1.54, 1.807) is 12.4 Å². The lowest BCUT2D eigenvalue weighted by atomic mass is 9.83. The Labute approximate surface area is 232 Å². The summed E-state index contributed by atoms with van der Waals surface area (Å²) in [6, 6.07) is 27.6. The van der Waals surface area contributed by atoms with Crippen LogP contribution in [0.3, 0.4) is 0 Å². The zero-order valence-corrected chi connectivity index (χ0v) is 23.5. The Morgan fingerprint density at radius 2 is 1.18 bits per heavy atom. The molecule has 0 aliphatic heterocycles. The van der Waals surface area contributed by atoms with Gasteiger partial charge in [0.05, 0.1) is 11.4 Å². The van der Waals surface area contributed by atoms with Crippen molar-refractivity contribution in [1.29, 1.82) is 0 Å². The molecule has 0 heterocycles. The maximum Gasteiger partial charge on any atom is 0.128 e. The van der Waals surface area contributed by atoms with Crippen LogP contribution in [0.15, 0.2) is 94.9 Å². The molecule has 0 saturated heterocycles. The fraction of sp³-hybridized carbons (Fsp3) is 0.257. The summed E-state index contributed by atoms with van der Waals surface area (Å²) in [5, 5.41) is 22.2. The molecule has 4 nitrogen and oxygen atoms in total. The Morgan fingerprint density at radius 3 is 1.67 bits per heavy atom.